The molecule has 204 valence electrons. The van der Waals surface area contributed by atoms with E-state index in [9.17, 15) is 36.3 Å². The third-order valence-corrected chi connectivity index (χ3v) is 8.39. The number of hydrogen-bond donors (Lipinski definition) is 2. The molecule has 0 spiro atoms. The van der Waals surface area contributed by atoms with E-state index >= 15 is 0 Å². The van der Waals surface area contributed by atoms with Crippen LogP contribution in [0.25, 0.3) is 0 Å². The number of likely N-dealkylation sites (tertiary alicyclic amines) is 1. The van der Waals surface area contributed by atoms with Crippen molar-refractivity contribution in [3.8, 4) is 0 Å². The molecule has 1 atom stereocenters. The van der Waals surface area contributed by atoms with Gasteiger partial charge in [-0.15, -0.1) is 0 Å². The Labute approximate surface area is 217 Å². The Bertz CT molecular complexity index is 1270. The monoisotopic (exact) mass is 564 g/mol. The lowest BCUT2D eigenvalue weighted by molar-refractivity contribution is -0.138. The number of hydrogen-bond acceptors (Lipinski definition) is 5. The Kier molecular flexibility index (Phi) is 8.81. The third-order valence-electron chi connectivity index (χ3n) is 6.36. The van der Waals surface area contributed by atoms with Gasteiger partial charge in [-0.1, -0.05) is 11.6 Å². The molecule has 0 bridgehead atoms. The van der Waals surface area contributed by atoms with E-state index in [4.69, 9.17) is 11.6 Å². The first-order valence-corrected chi connectivity index (χ1v) is 13.5. The SMILES string of the molecule is CCS(=O)(=O)n1cccc1CNC(=O)c1cc(Cl)c(CN2CCC[C@H](N(C)C(=O)O)C2)c(C(F)(F)F)c1. The quantitative estimate of drug-likeness (QED) is 0.503. The summed E-state index contributed by atoms with van der Waals surface area (Å²) in [6.45, 7) is 1.80. The van der Waals surface area contributed by atoms with Gasteiger partial charge in [0.1, 0.15) is 0 Å². The lowest BCUT2D eigenvalue weighted by Crippen LogP contribution is -2.48. The second-order valence-electron chi connectivity index (χ2n) is 8.79. The van der Waals surface area contributed by atoms with Gasteiger partial charge in [0.05, 0.1) is 23.6 Å². The van der Waals surface area contributed by atoms with Crippen molar-refractivity contribution in [3.63, 3.8) is 0 Å². The number of carbonyl (C=O) groups excluding carboxylic acids is 1. The van der Waals surface area contributed by atoms with Crippen molar-refractivity contribution in [1.82, 2.24) is 19.1 Å². The first kappa shape index (κ1) is 28.8. The van der Waals surface area contributed by atoms with E-state index in [0.717, 1.165) is 21.0 Å². The summed E-state index contributed by atoms with van der Waals surface area (Å²) in [4.78, 5) is 26.9. The van der Waals surface area contributed by atoms with Crippen molar-refractivity contribution in [2.45, 2.75) is 45.1 Å². The number of rotatable bonds is 8. The van der Waals surface area contributed by atoms with Gasteiger partial charge < -0.3 is 15.3 Å². The van der Waals surface area contributed by atoms with Crippen molar-refractivity contribution < 1.29 is 36.3 Å². The number of alkyl halides is 3. The van der Waals surface area contributed by atoms with Crippen LogP contribution in [0.15, 0.2) is 30.5 Å². The van der Waals surface area contributed by atoms with Crippen molar-refractivity contribution in [2.24, 2.45) is 0 Å². The lowest BCUT2D eigenvalue weighted by atomic mass is 9.99. The fraction of sp³-hybridized carbons (Fsp3) is 0.478. The molecule has 3 rings (SSSR count). The molecule has 1 fully saturated rings. The number of carboxylic acid groups (broad SMARTS) is 1. The van der Waals surface area contributed by atoms with Crippen LogP contribution in [0.1, 0.15) is 46.9 Å². The van der Waals surface area contributed by atoms with Gasteiger partial charge in [0.15, 0.2) is 0 Å². The number of halogens is 4. The van der Waals surface area contributed by atoms with Gasteiger partial charge in [-0.05, 0) is 56.1 Å². The van der Waals surface area contributed by atoms with Crippen LogP contribution in [0, 0.1) is 0 Å². The molecule has 2 N–H and O–H groups in total. The number of benzene rings is 1. The highest BCUT2D eigenvalue weighted by Gasteiger charge is 2.36. The Morgan fingerprint density at radius 1 is 1.30 bits per heavy atom. The van der Waals surface area contributed by atoms with Gasteiger partial charge in [0, 0.05) is 43.0 Å². The molecule has 1 aliphatic rings. The number of piperidine rings is 1. The highest BCUT2D eigenvalue weighted by molar-refractivity contribution is 7.89. The maximum Gasteiger partial charge on any atom is 0.416 e. The summed E-state index contributed by atoms with van der Waals surface area (Å²) in [7, 11) is -2.19. The molecule has 0 aliphatic carbocycles. The molecule has 37 heavy (non-hydrogen) atoms. The first-order valence-electron chi connectivity index (χ1n) is 11.5. The predicted molar refractivity (Wildman–Crippen MR) is 131 cm³/mol. The van der Waals surface area contributed by atoms with Crippen LogP contribution < -0.4 is 5.32 Å². The van der Waals surface area contributed by atoms with Crippen molar-refractivity contribution in [1.29, 1.82) is 0 Å². The van der Waals surface area contributed by atoms with Crippen LogP contribution in [-0.4, -0.2) is 71.2 Å². The summed E-state index contributed by atoms with van der Waals surface area (Å²) < 4.78 is 67.3. The van der Waals surface area contributed by atoms with E-state index in [-0.39, 0.29) is 53.3 Å². The van der Waals surface area contributed by atoms with Gasteiger partial charge >= 0.3 is 12.3 Å². The van der Waals surface area contributed by atoms with Crippen LogP contribution >= 0.6 is 11.6 Å². The maximum atomic E-state index is 14.0. The van der Waals surface area contributed by atoms with Gasteiger partial charge in [-0.25, -0.2) is 17.2 Å². The smallest absolute Gasteiger partial charge is 0.416 e. The zero-order chi connectivity index (χ0) is 27.5. The Morgan fingerprint density at radius 3 is 2.62 bits per heavy atom. The molecule has 1 aliphatic heterocycles. The molecule has 2 aromatic rings. The van der Waals surface area contributed by atoms with Crippen molar-refractivity contribution in [3.05, 3.63) is 57.9 Å². The van der Waals surface area contributed by atoms with Gasteiger partial charge in [0.2, 0.25) is 10.0 Å². The van der Waals surface area contributed by atoms with Crippen LogP contribution in [0.5, 0.6) is 0 Å². The summed E-state index contributed by atoms with van der Waals surface area (Å²) >= 11 is 6.26. The number of carbonyl (C=O) groups is 2. The normalized spacial score (nSPS) is 17.0. The highest BCUT2D eigenvalue weighted by atomic mass is 35.5. The average Bonchev–Trinajstić information content (AvgIpc) is 3.32. The van der Waals surface area contributed by atoms with Crippen LogP contribution in [0.4, 0.5) is 18.0 Å². The van der Waals surface area contributed by atoms with E-state index < -0.39 is 33.8 Å². The standard InChI is InChI=1S/C23H28ClF3N4O5S/c1-3-37(35,36)31-9-5-6-16(31)12-28-21(32)15-10-19(23(25,26)27)18(20(24)11-15)14-30-8-4-7-17(13-30)29(2)22(33)34/h5-6,9-11,17H,3-4,7-8,12-14H2,1-2H3,(H,28,32)(H,33,34)/t17-/m0/s1. The number of aromatic nitrogens is 1. The molecule has 9 nitrogen and oxygen atoms in total. The van der Waals surface area contributed by atoms with Crippen LogP contribution in [0.2, 0.25) is 5.02 Å². The minimum absolute atomic E-state index is 0.165. The zero-order valence-electron chi connectivity index (χ0n) is 20.3. The second-order valence-corrected chi connectivity index (χ2v) is 11.3. The Hall–Kier alpha value is -2.77. The van der Waals surface area contributed by atoms with E-state index in [0.29, 0.717) is 19.4 Å². The van der Waals surface area contributed by atoms with Gasteiger partial charge in [0.25, 0.3) is 5.91 Å². The van der Waals surface area contributed by atoms with E-state index in [1.165, 1.54) is 32.3 Å². The maximum absolute atomic E-state index is 14.0. The third kappa shape index (κ3) is 6.76. The Morgan fingerprint density at radius 2 is 2.00 bits per heavy atom. The fourth-order valence-corrected chi connectivity index (χ4v) is 5.57. The predicted octanol–water partition coefficient (Wildman–Crippen LogP) is 3.86. The first-order chi connectivity index (χ1) is 17.2. The Balaban J connectivity index is 1.82. The molecule has 1 aromatic carbocycles. The van der Waals surface area contributed by atoms with Crippen molar-refractivity contribution >= 4 is 33.6 Å². The largest absolute Gasteiger partial charge is 0.465 e. The van der Waals surface area contributed by atoms with Crippen LogP contribution in [0.3, 0.4) is 0 Å². The average molecular weight is 565 g/mol. The molecule has 0 saturated carbocycles. The molecule has 0 radical (unpaired) electrons. The molecule has 0 unspecified atom stereocenters. The van der Waals surface area contributed by atoms with Crippen molar-refractivity contribution in [2.75, 3.05) is 25.9 Å². The molecule has 2 amide bonds. The van der Waals surface area contributed by atoms with Gasteiger partial charge in [-0.3, -0.25) is 9.69 Å². The minimum Gasteiger partial charge on any atom is -0.465 e. The zero-order valence-corrected chi connectivity index (χ0v) is 21.8. The van der Waals surface area contributed by atoms with Gasteiger partial charge in [-0.2, -0.15) is 13.2 Å². The molecule has 1 aromatic heterocycles. The number of likely N-dealkylation sites (N-methyl/N-ethyl adjacent to an activating group) is 1. The number of nitrogens with zero attached hydrogens (tertiary/aromatic N) is 3. The molecular weight excluding hydrogens is 537 g/mol. The summed E-state index contributed by atoms with van der Waals surface area (Å²) in [5.41, 5.74) is -1.33. The summed E-state index contributed by atoms with van der Waals surface area (Å²) in [6, 6.07) is 4.48. The summed E-state index contributed by atoms with van der Waals surface area (Å²) in [5.74, 6) is -1.01. The van der Waals surface area contributed by atoms with Crippen LogP contribution in [-0.2, 0) is 29.3 Å². The topological polar surface area (TPSA) is 112 Å². The number of nitrogens with one attached hydrogen (secondary N) is 1. The second kappa shape index (κ2) is 11.3. The molecular formula is C23H28ClF3N4O5S. The lowest BCUT2D eigenvalue weighted by Gasteiger charge is -2.37. The summed E-state index contributed by atoms with van der Waals surface area (Å²) in [5, 5.41) is 11.4. The highest BCUT2D eigenvalue weighted by Crippen LogP contribution is 2.37. The van der Waals surface area contributed by atoms with E-state index in [1.54, 1.807) is 4.90 Å². The fourth-order valence-electron chi connectivity index (χ4n) is 4.27. The molecule has 1 saturated heterocycles. The molecule has 2 heterocycles. The molecule has 14 heteroatoms. The minimum atomic E-state index is -4.80. The summed E-state index contributed by atoms with van der Waals surface area (Å²) in [6.07, 6.45) is -3.38. The number of amides is 2. The van der Waals surface area contributed by atoms with E-state index in [1.807, 2.05) is 0 Å². The van der Waals surface area contributed by atoms with E-state index in [2.05, 4.69) is 5.32 Å².